The SMILES string of the molecule is CCC1Oc2c(ccc(C)c2F)C1NC. The first-order chi connectivity index (χ1) is 7.19. The molecule has 0 saturated carbocycles. The molecule has 0 bridgehead atoms. The van der Waals surface area contributed by atoms with Crippen LogP contribution < -0.4 is 10.1 Å². The second-order valence-corrected chi connectivity index (χ2v) is 3.95. The number of halogens is 1. The minimum Gasteiger partial charge on any atom is -0.485 e. The molecule has 2 rings (SSSR count). The van der Waals surface area contributed by atoms with Crippen LogP contribution in [0.3, 0.4) is 0 Å². The predicted molar refractivity (Wildman–Crippen MR) is 57.6 cm³/mol. The van der Waals surface area contributed by atoms with Crippen molar-refractivity contribution in [3.8, 4) is 5.75 Å². The molecule has 2 nitrogen and oxygen atoms in total. The number of aryl methyl sites for hydroxylation is 1. The van der Waals surface area contributed by atoms with Crippen LogP contribution in [0.25, 0.3) is 0 Å². The molecular formula is C12H16FNO. The molecule has 0 aromatic heterocycles. The Hall–Kier alpha value is -1.09. The Balaban J connectivity index is 2.47. The van der Waals surface area contributed by atoms with Crippen molar-refractivity contribution in [3.05, 3.63) is 29.1 Å². The fraction of sp³-hybridized carbons (Fsp3) is 0.500. The highest BCUT2D eigenvalue weighted by molar-refractivity contribution is 5.44. The van der Waals surface area contributed by atoms with Gasteiger partial charge in [-0.1, -0.05) is 19.1 Å². The Morgan fingerprint density at radius 2 is 2.20 bits per heavy atom. The highest BCUT2D eigenvalue weighted by Gasteiger charge is 2.34. The Labute approximate surface area is 89.4 Å². The number of hydrogen-bond acceptors (Lipinski definition) is 2. The zero-order chi connectivity index (χ0) is 11.0. The molecule has 1 heterocycles. The van der Waals surface area contributed by atoms with Crippen LogP contribution in [0.15, 0.2) is 12.1 Å². The quantitative estimate of drug-likeness (QED) is 0.808. The van der Waals surface area contributed by atoms with E-state index in [-0.39, 0.29) is 18.0 Å². The largest absolute Gasteiger partial charge is 0.485 e. The number of nitrogens with one attached hydrogen (secondary N) is 1. The summed E-state index contributed by atoms with van der Waals surface area (Å²) in [7, 11) is 1.88. The van der Waals surface area contributed by atoms with Crippen molar-refractivity contribution in [2.24, 2.45) is 0 Å². The number of ether oxygens (including phenoxy) is 1. The molecule has 1 aromatic carbocycles. The van der Waals surface area contributed by atoms with Gasteiger partial charge in [0.2, 0.25) is 0 Å². The summed E-state index contributed by atoms with van der Waals surface area (Å²) in [5.74, 6) is 0.213. The minimum atomic E-state index is -0.219. The Bertz CT molecular complexity index is 378. The summed E-state index contributed by atoms with van der Waals surface area (Å²) in [5.41, 5.74) is 1.58. The predicted octanol–water partition coefficient (Wildman–Crippen LogP) is 2.57. The molecule has 0 aliphatic carbocycles. The molecule has 1 N–H and O–H groups in total. The lowest BCUT2D eigenvalue weighted by molar-refractivity contribution is 0.183. The van der Waals surface area contributed by atoms with Gasteiger partial charge >= 0.3 is 0 Å². The zero-order valence-electron chi connectivity index (χ0n) is 9.30. The highest BCUT2D eigenvalue weighted by Crippen LogP contribution is 2.40. The van der Waals surface area contributed by atoms with Gasteiger partial charge in [0.25, 0.3) is 0 Å². The molecule has 2 atom stereocenters. The maximum atomic E-state index is 13.8. The molecule has 0 spiro atoms. The van der Waals surface area contributed by atoms with E-state index in [1.165, 1.54) is 0 Å². The van der Waals surface area contributed by atoms with Crippen LogP contribution in [-0.2, 0) is 0 Å². The number of rotatable bonds is 2. The average molecular weight is 209 g/mol. The van der Waals surface area contributed by atoms with E-state index in [0.717, 1.165) is 12.0 Å². The standard InChI is InChI=1S/C12H16FNO/c1-4-9-11(14-3)8-6-5-7(2)10(13)12(8)15-9/h5-6,9,11,14H,4H2,1-3H3. The Morgan fingerprint density at radius 1 is 1.47 bits per heavy atom. The van der Waals surface area contributed by atoms with Gasteiger partial charge in [0.1, 0.15) is 6.10 Å². The van der Waals surface area contributed by atoms with Gasteiger partial charge in [-0.05, 0) is 26.0 Å². The fourth-order valence-corrected chi connectivity index (χ4v) is 2.11. The van der Waals surface area contributed by atoms with E-state index in [1.54, 1.807) is 13.0 Å². The third-order valence-corrected chi connectivity index (χ3v) is 3.01. The summed E-state index contributed by atoms with van der Waals surface area (Å²) < 4.78 is 19.4. The molecule has 82 valence electrons. The summed E-state index contributed by atoms with van der Waals surface area (Å²) in [5, 5.41) is 3.18. The van der Waals surface area contributed by atoms with Crippen LogP contribution in [0.2, 0.25) is 0 Å². The van der Waals surface area contributed by atoms with E-state index in [0.29, 0.717) is 11.3 Å². The van der Waals surface area contributed by atoms with Gasteiger partial charge in [0.15, 0.2) is 11.6 Å². The lowest BCUT2D eigenvalue weighted by Gasteiger charge is -2.15. The van der Waals surface area contributed by atoms with Gasteiger partial charge in [-0.25, -0.2) is 4.39 Å². The average Bonchev–Trinajstić information content (AvgIpc) is 2.61. The minimum absolute atomic E-state index is 0.0429. The fourth-order valence-electron chi connectivity index (χ4n) is 2.11. The van der Waals surface area contributed by atoms with Crippen molar-refractivity contribution in [3.63, 3.8) is 0 Å². The first-order valence-electron chi connectivity index (χ1n) is 5.32. The second-order valence-electron chi connectivity index (χ2n) is 3.95. The van der Waals surface area contributed by atoms with Crippen molar-refractivity contribution >= 4 is 0 Å². The van der Waals surface area contributed by atoms with Gasteiger partial charge in [0, 0.05) is 5.56 Å². The van der Waals surface area contributed by atoms with Crippen LogP contribution in [0.5, 0.6) is 5.75 Å². The maximum Gasteiger partial charge on any atom is 0.168 e. The zero-order valence-corrected chi connectivity index (χ0v) is 9.30. The van der Waals surface area contributed by atoms with Crippen molar-refractivity contribution < 1.29 is 9.13 Å². The molecule has 2 unspecified atom stereocenters. The van der Waals surface area contributed by atoms with E-state index in [9.17, 15) is 4.39 Å². The van der Waals surface area contributed by atoms with E-state index >= 15 is 0 Å². The molecule has 0 fully saturated rings. The van der Waals surface area contributed by atoms with E-state index in [4.69, 9.17) is 4.74 Å². The summed E-state index contributed by atoms with van der Waals surface area (Å²) in [6.45, 7) is 3.80. The number of hydrogen-bond donors (Lipinski definition) is 1. The number of likely N-dealkylation sites (N-methyl/N-ethyl adjacent to an activating group) is 1. The molecule has 0 radical (unpaired) electrons. The van der Waals surface area contributed by atoms with E-state index in [1.807, 2.05) is 20.0 Å². The Kier molecular flexibility index (Phi) is 2.65. The van der Waals surface area contributed by atoms with Crippen LogP contribution >= 0.6 is 0 Å². The van der Waals surface area contributed by atoms with Crippen molar-refractivity contribution in [1.29, 1.82) is 0 Å². The smallest absolute Gasteiger partial charge is 0.168 e. The van der Waals surface area contributed by atoms with Crippen LogP contribution in [0.1, 0.15) is 30.5 Å². The van der Waals surface area contributed by atoms with Gasteiger partial charge in [-0.15, -0.1) is 0 Å². The van der Waals surface area contributed by atoms with Gasteiger partial charge < -0.3 is 10.1 Å². The molecule has 15 heavy (non-hydrogen) atoms. The molecule has 1 aliphatic heterocycles. The molecule has 1 aromatic rings. The third-order valence-electron chi connectivity index (χ3n) is 3.01. The lowest BCUT2D eigenvalue weighted by atomic mass is 10.0. The van der Waals surface area contributed by atoms with Crippen molar-refractivity contribution in [2.75, 3.05) is 7.05 Å². The maximum absolute atomic E-state index is 13.8. The van der Waals surface area contributed by atoms with Gasteiger partial charge in [-0.2, -0.15) is 0 Å². The number of benzene rings is 1. The molecule has 1 aliphatic rings. The van der Waals surface area contributed by atoms with E-state index in [2.05, 4.69) is 5.32 Å². The van der Waals surface area contributed by atoms with Gasteiger partial charge in [-0.3, -0.25) is 0 Å². The lowest BCUT2D eigenvalue weighted by Crippen LogP contribution is -2.27. The molecular weight excluding hydrogens is 193 g/mol. The normalized spacial score (nSPS) is 23.7. The summed E-state index contributed by atoms with van der Waals surface area (Å²) in [6, 6.07) is 3.87. The number of fused-ring (bicyclic) bond motifs is 1. The van der Waals surface area contributed by atoms with E-state index < -0.39 is 0 Å². The van der Waals surface area contributed by atoms with Crippen molar-refractivity contribution in [2.45, 2.75) is 32.4 Å². The summed E-state index contributed by atoms with van der Waals surface area (Å²) in [6.07, 6.45) is 0.917. The van der Waals surface area contributed by atoms with Crippen LogP contribution in [-0.4, -0.2) is 13.2 Å². The second kappa shape index (κ2) is 3.81. The third kappa shape index (κ3) is 1.51. The first kappa shape index (κ1) is 10.4. The summed E-state index contributed by atoms with van der Waals surface area (Å²) in [4.78, 5) is 0. The molecule has 3 heteroatoms. The van der Waals surface area contributed by atoms with Crippen molar-refractivity contribution in [1.82, 2.24) is 5.32 Å². The first-order valence-corrected chi connectivity index (χ1v) is 5.32. The molecule has 0 saturated heterocycles. The summed E-state index contributed by atoms with van der Waals surface area (Å²) >= 11 is 0. The highest BCUT2D eigenvalue weighted by atomic mass is 19.1. The Morgan fingerprint density at radius 3 is 2.80 bits per heavy atom. The van der Waals surface area contributed by atoms with Gasteiger partial charge in [0.05, 0.1) is 6.04 Å². The van der Waals surface area contributed by atoms with Crippen LogP contribution in [0.4, 0.5) is 4.39 Å². The van der Waals surface area contributed by atoms with Crippen LogP contribution in [0, 0.1) is 12.7 Å². The monoisotopic (exact) mass is 209 g/mol. The molecule has 0 amide bonds. The topological polar surface area (TPSA) is 21.3 Å².